The molecule has 0 aromatic heterocycles. The molecule has 17 heavy (non-hydrogen) atoms. The Morgan fingerprint density at radius 1 is 1.29 bits per heavy atom. The van der Waals surface area contributed by atoms with Gasteiger partial charge in [-0.2, -0.15) is 0 Å². The summed E-state index contributed by atoms with van der Waals surface area (Å²) in [5.74, 6) is 0.609. The maximum absolute atomic E-state index is 9.97. The van der Waals surface area contributed by atoms with Gasteiger partial charge in [0.1, 0.15) is 0 Å². The average molecular weight is 238 g/mol. The minimum absolute atomic E-state index is 0.0556. The van der Waals surface area contributed by atoms with Gasteiger partial charge in [-0.1, -0.05) is 11.6 Å². The molecule has 1 aliphatic heterocycles. The average Bonchev–Trinajstić information content (AvgIpc) is 2.24. The molecule has 1 unspecified atom stereocenters. The Labute approximate surface area is 105 Å². The summed E-state index contributed by atoms with van der Waals surface area (Å²) in [4.78, 5) is 0. The van der Waals surface area contributed by atoms with Crippen LogP contribution >= 0.6 is 0 Å². The van der Waals surface area contributed by atoms with Crippen molar-refractivity contribution >= 4 is 0 Å². The van der Waals surface area contributed by atoms with Crippen molar-refractivity contribution in [2.45, 2.75) is 77.1 Å². The van der Waals surface area contributed by atoms with Crippen LogP contribution in [0.25, 0.3) is 0 Å². The van der Waals surface area contributed by atoms with Crippen molar-refractivity contribution in [2.24, 2.45) is 5.92 Å². The van der Waals surface area contributed by atoms with Gasteiger partial charge < -0.3 is 9.84 Å². The summed E-state index contributed by atoms with van der Waals surface area (Å²) in [6.07, 6.45) is 7.45. The maximum Gasteiger partial charge on any atom is 0.0891 e. The largest absolute Gasteiger partial charge is 0.390 e. The molecule has 2 nitrogen and oxygen atoms in total. The highest BCUT2D eigenvalue weighted by atomic mass is 16.5. The third-order valence-corrected chi connectivity index (χ3v) is 4.71. The zero-order valence-corrected chi connectivity index (χ0v) is 11.6. The van der Waals surface area contributed by atoms with Crippen LogP contribution in [-0.4, -0.2) is 22.4 Å². The normalized spacial score (nSPS) is 42.1. The monoisotopic (exact) mass is 238 g/mol. The number of hydrogen-bond donors (Lipinski definition) is 1. The first kappa shape index (κ1) is 13.1. The molecule has 0 aromatic carbocycles. The lowest BCUT2D eigenvalue weighted by atomic mass is 9.73. The Hall–Kier alpha value is -0.340. The van der Waals surface area contributed by atoms with E-state index in [0.717, 1.165) is 19.3 Å². The molecule has 98 valence electrons. The van der Waals surface area contributed by atoms with Crippen LogP contribution in [0.5, 0.6) is 0 Å². The molecule has 0 amide bonds. The second kappa shape index (κ2) is 4.40. The first-order chi connectivity index (χ1) is 7.83. The molecule has 1 heterocycles. The van der Waals surface area contributed by atoms with E-state index in [9.17, 15) is 5.11 Å². The van der Waals surface area contributed by atoms with Crippen LogP contribution in [-0.2, 0) is 4.74 Å². The summed E-state index contributed by atoms with van der Waals surface area (Å²) in [6.45, 7) is 8.48. The van der Waals surface area contributed by atoms with Crippen molar-refractivity contribution in [2.75, 3.05) is 0 Å². The fraction of sp³-hybridized carbons (Fsp3) is 0.867. The molecule has 1 saturated heterocycles. The van der Waals surface area contributed by atoms with Crippen LogP contribution in [0.1, 0.15) is 59.8 Å². The number of rotatable bonds is 1. The Balaban J connectivity index is 2.10. The van der Waals surface area contributed by atoms with Gasteiger partial charge in [-0.25, -0.2) is 0 Å². The summed E-state index contributed by atoms with van der Waals surface area (Å²) in [5, 5.41) is 9.97. The highest BCUT2D eigenvalue weighted by Crippen LogP contribution is 2.44. The summed E-state index contributed by atoms with van der Waals surface area (Å²) in [5.41, 5.74) is 1.06. The second-order valence-electron chi connectivity index (χ2n) is 6.59. The molecule has 0 bridgehead atoms. The second-order valence-corrected chi connectivity index (χ2v) is 6.59. The minimum Gasteiger partial charge on any atom is -0.390 e. The molecule has 3 atom stereocenters. The van der Waals surface area contributed by atoms with Crippen molar-refractivity contribution in [1.29, 1.82) is 0 Å². The quantitative estimate of drug-likeness (QED) is 0.709. The van der Waals surface area contributed by atoms with Gasteiger partial charge in [0.25, 0.3) is 0 Å². The number of allylic oxidation sites excluding steroid dienone is 2. The summed E-state index contributed by atoms with van der Waals surface area (Å²) >= 11 is 0. The highest BCUT2D eigenvalue weighted by Gasteiger charge is 2.46. The molecule has 1 aliphatic carbocycles. The third-order valence-electron chi connectivity index (χ3n) is 4.71. The summed E-state index contributed by atoms with van der Waals surface area (Å²) in [6, 6.07) is 0. The summed E-state index contributed by atoms with van der Waals surface area (Å²) < 4.78 is 6.27. The minimum atomic E-state index is -0.400. The van der Waals surface area contributed by atoms with Gasteiger partial charge in [-0.3, -0.25) is 0 Å². The molecule has 0 spiro atoms. The molecule has 2 aliphatic rings. The van der Waals surface area contributed by atoms with E-state index in [-0.39, 0.29) is 11.7 Å². The van der Waals surface area contributed by atoms with Crippen molar-refractivity contribution in [3.63, 3.8) is 0 Å². The van der Waals surface area contributed by atoms with Gasteiger partial charge in [-0.15, -0.1) is 0 Å². The van der Waals surface area contributed by atoms with E-state index < -0.39 is 5.60 Å². The van der Waals surface area contributed by atoms with Crippen LogP contribution < -0.4 is 0 Å². The molecule has 0 saturated carbocycles. The molecule has 2 rings (SSSR count). The molecule has 1 N–H and O–H groups in total. The van der Waals surface area contributed by atoms with Crippen molar-refractivity contribution in [3.8, 4) is 0 Å². The highest BCUT2D eigenvalue weighted by molar-refractivity contribution is 5.07. The van der Waals surface area contributed by atoms with E-state index in [0.29, 0.717) is 5.92 Å². The van der Waals surface area contributed by atoms with Crippen molar-refractivity contribution in [1.82, 2.24) is 0 Å². The predicted molar refractivity (Wildman–Crippen MR) is 69.9 cm³/mol. The van der Waals surface area contributed by atoms with Gasteiger partial charge in [-0.05, 0) is 65.7 Å². The van der Waals surface area contributed by atoms with Crippen LogP contribution in [0.3, 0.4) is 0 Å². The van der Waals surface area contributed by atoms with E-state index in [4.69, 9.17) is 4.74 Å². The van der Waals surface area contributed by atoms with Gasteiger partial charge in [0.15, 0.2) is 0 Å². The molecule has 1 fully saturated rings. The van der Waals surface area contributed by atoms with Crippen LogP contribution in [0.15, 0.2) is 11.6 Å². The Kier molecular flexibility index (Phi) is 3.39. The van der Waals surface area contributed by atoms with Gasteiger partial charge in [0.05, 0.1) is 17.3 Å². The predicted octanol–water partition coefficient (Wildman–Crippen LogP) is 3.44. The number of ether oxygens (including phenoxy) is 1. The lowest BCUT2D eigenvalue weighted by Gasteiger charge is -2.50. The third kappa shape index (κ3) is 2.58. The number of aliphatic hydroxyl groups excluding tert-OH is 1. The zero-order chi connectivity index (χ0) is 12.7. The Morgan fingerprint density at radius 3 is 2.53 bits per heavy atom. The zero-order valence-electron chi connectivity index (χ0n) is 11.6. The van der Waals surface area contributed by atoms with Crippen LogP contribution in [0, 0.1) is 5.92 Å². The topological polar surface area (TPSA) is 29.5 Å². The lowest BCUT2D eigenvalue weighted by molar-refractivity contribution is -0.233. The molecule has 0 radical (unpaired) electrons. The molecular formula is C15H26O2. The van der Waals surface area contributed by atoms with Gasteiger partial charge in [0.2, 0.25) is 0 Å². The van der Waals surface area contributed by atoms with Crippen molar-refractivity contribution in [3.05, 3.63) is 11.6 Å². The number of hydrogen-bond acceptors (Lipinski definition) is 2. The van der Waals surface area contributed by atoms with E-state index >= 15 is 0 Å². The molecular weight excluding hydrogens is 212 g/mol. The van der Waals surface area contributed by atoms with E-state index in [1.165, 1.54) is 18.4 Å². The number of aliphatic hydroxyl groups is 1. The van der Waals surface area contributed by atoms with Crippen LogP contribution in [0.4, 0.5) is 0 Å². The first-order valence-electron chi connectivity index (χ1n) is 6.87. The SMILES string of the molecule is CC1=CCC([C@]2(C)CC[C@H](O)C(C)(C)O2)CC1. The van der Waals surface area contributed by atoms with Gasteiger partial charge in [0, 0.05) is 0 Å². The van der Waals surface area contributed by atoms with E-state index in [1.54, 1.807) is 0 Å². The Morgan fingerprint density at radius 2 is 2.00 bits per heavy atom. The first-order valence-corrected chi connectivity index (χ1v) is 6.87. The fourth-order valence-corrected chi connectivity index (χ4v) is 3.30. The van der Waals surface area contributed by atoms with E-state index in [2.05, 4.69) is 19.9 Å². The lowest BCUT2D eigenvalue weighted by Crippen LogP contribution is -2.55. The maximum atomic E-state index is 9.97. The standard InChI is InChI=1S/C15H26O2/c1-11-5-7-12(8-6-11)15(4)10-9-13(16)14(2,3)17-15/h5,12-13,16H,6-10H2,1-4H3/t12?,13-,15-/m0/s1. The van der Waals surface area contributed by atoms with Gasteiger partial charge >= 0.3 is 0 Å². The summed E-state index contributed by atoms with van der Waals surface area (Å²) in [7, 11) is 0. The van der Waals surface area contributed by atoms with E-state index in [1.807, 2.05) is 13.8 Å². The van der Waals surface area contributed by atoms with Crippen molar-refractivity contribution < 1.29 is 9.84 Å². The van der Waals surface area contributed by atoms with Crippen LogP contribution in [0.2, 0.25) is 0 Å². The fourth-order valence-electron chi connectivity index (χ4n) is 3.30. The Bertz CT molecular complexity index is 319. The molecule has 2 heteroatoms. The smallest absolute Gasteiger partial charge is 0.0891 e. The molecule has 0 aromatic rings.